The van der Waals surface area contributed by atoms with Crippen LogP contribution in [0.2, 0.25) is 5.02 Å². The summed E-state index contributed by atoms with van der Waals surface area (Å²) in [5.41, 5.74) is 1.30. The molecule has 1 aromatic rings. The lowest BCUT2D eigenvalue weighted by Crippen LogP contribution is -2.45. The fourth-order valence-corrected chi connectivity index (χ4v) is 3.99. The highest BCUT2D eigenvalue weighted by atomic mass is 35.5. The van der Waals surface area contributed by atoms with Crippen LogP contribution in [-0.4, -0.2) is 74.5 Å². The van der Waals surface area contributed by atoms with Gasteiger partial charge in [0.1, 0.15) is 12.4 Å². The molecule has 0 aliphatic carbocycles. The van der Waals surface area contributed by atoms with Crippen LogP contribution in [0.3, 0.4) is 0 Å². The highest BCUT2D eigenvalue weighted by Crippen LogP contribution is 2.38. The maximum Gasteiger partial charge on any atom is 0.495 e. The molecule has 5 nitrogen and oxygen atoms in total. The molecule has 0 saturated carbocycles. The third-order valence-electron chi connectivity index (χ3n) is 6.37. The first-order valence-electron chi connectivity index (χ1n) is 10.3. The van der Waals surface area contributed by atoms with Crippen LogP contribution in [-0.2, 0) is 15.7 Å². The zero-order valence-corrected chi connectivity index (χ0v) is 18.9. The van der Waals surface area contributed by atoms with Crippen LogP contribution in [0.25, 0.3) is 0 Å². The zero-order chi connectivity index (χ0) is 20.5. The van der Waals surface area contributed by atoms with Crippen molar-refractivity contribution in [3.63, 3.8) is 0 Å². The van der Waals surface area contributed by atoms with Crippen molar-refractivity contribution in [1.29, 1.82) is 0 Å². The number of halogens is 1. The second-order valence-electron chi connectivity index (χ2n) is 8.88. The SMILES string of the molecule is CCc1c(B2OC(C)(C)C(C)(C)O2)ccc(OCCN2CCN(C)CC2)c1Cl. The lowest BCUT2D eigenvalue weighted by Gasteiger charge is -2.32. The number of piperazine rings is 1. The van der Waals surface area contributed by atoms with E-state index in [-0.39, 0.29) is 11.2 Å². The Morgan fingerprint density at radius 2 is 1.68 bits per heavy atom. The molecule has 2 heterocycles. The van der Waals surface area contributed by atoms with Gasteiger partial charge in [0.2, 0.25) is 0 Å². The Bertz CT molecular complexity index is 674. The van der Waals surface area contributed by atoms with Gasteiger partial charge in [0.25, 0.3) is 0 Å². The maximum absolute atomic E-state index is 6.72. The lowest BCUT2D eigenvalue weighted by atomic mass is 9.75. The van der Waals surface area contributed by atoms with Gasteiger partial charge >= 0.3 is 7.12 Å². The van der Waals surface area contributed by atoms with Crippen molar-refractivity contribution in [3.8, 4) is 5.75 Å². The van der Waals surface area contributed by atoms with E-state index in [1.807, 2.05) is 12.1 Å². The maximum atomic E-state index is 6.72. The molecule has 0 aromatic heterocycles. The molecule has 0 bridgehead atoms. The average molecular weight is 409 g/mol. The topological polar surface area (TPSA) is 34.2 Å². The summed E-state index contributed by atoms with van der Waals surface area (Å²) in [6, 6.07) is 3.99. The minimum Gasteiger partial charge on any atom is -0.491 e. The van der Waals surface area contributed by atoms with Crippen molar-refractivity contribution >= 4 is 24.2 Å². The summed E-state index contributed by atoms with van der Waals surface area (Å²) in [7, 11) is 1.76. The van der Waals surface area contributed by atoms with E-state index in [4.69, 9.17) is 25.6 Å². The van der Waals surface area contributed by atoms with Crippen LogP contribution in [0.1, 0.15) is 40.2 Å². The zero-order valence-electron chi connectivity index (χ0n) is 18.2. The molecule has 2 fully saturated rings. The fourth-order valence-electron chi connectivity index (χ4n) is 3.63. The minimum atomic E-state index is -0.406. The molecule has 0 N–H and O–H groups in total. The van der Waals surface area contributed by atoms with E-state index in [0.717, 1.165) is 55.9 Å². The van der Waals surface area contributed by atoms with Crippen molar-refractivity contribution in [2.75, 3.05) is 46.4 Å². The van der Waals surface area contributed by atoms with E-state index in [1.54, 1.807) is 0 Å². The molecule has 2 aliphatic heterocycles. The van der Waals surface area contributed by atoms with Gasteiger partial charge in [-0.3, -0.25) is 4.90 Å². The molecule has 3 rings (SSSR count). The summed E-state index contributed by atoms with van der Waals surface area (Å²) in [6.07, 6.45) is 0.800. The van der Waals surface area contributed by atoms with E-state index in [0.29, 0.717) is 11.6 Å². The van der Waals surface area contributed by atoms with Gasteiger partial charge in [-0.05, 0) is 58.3 Å². The molecule has 0 unspecified atom stereocenters. The normalized spacial score (nSPS) is 22.6. The monoisotopic (exact) mass is 408 g/mol. The van der Waals surface area contributed by atoms with Crippen LogP contribution in [0.15, 0.2) is 12.1 Å². The molecule has 0 atom stereocenters. The van der Waals surface area contributed by atoms with Crippen molar-refractivity contribution < 1.29 is 14.0 Å². The number of benzene rings is 1. The Morgan fingerprint density at radius 3 is 2.25 bits per heavy atom. The van der Waals surface area contributed by atoms with E-state index in [9.17, 15) is 0 Å². The Kier molecular flexibility index (Phi) is 6.67. The fraction of sp³-hybridized carbons (Fsp3) is 0.714. The second kappa shape index (κ2) is 8.53. The van der Waals surface area contributed by atoms with Gasteiger partial charge in [-0.25, -0.2) is 0 Å². The van der Waals surface area contributed by atoms with Gasteiger partial charge in [-0.15, -0.1) is 0 Å². The molecule has 2 saturated heterocycles. The van der Waals surface area contributed by atoms with Crippen molar-refractivity contribution in [2.24, 2.45) is 0 Å². The number of rotatable bonds is 6. The summed E-state index contributed by atoms with van der Waals surface area (Å²) in [6.45, 7) is 16.3. The number of hydrogen-bond acceptors (Lipinski definition) is 5. The van der Waals surface area contributed by atoms with E-state index in [1.165, 1.54) is 0 Å². The minimum absolute atomic E-state index is 0.368. The Morgan fingerprint density at radius 1 is 1.07 bits per heavy atom. The van der Waals surface area contributed by atoms with Crippen LogP contribution in [0.5, 0.6) is 5.75 Å². The standard InChI is InChI=1S/C21H34BClN2O3/c1-7-16-17(22-27-20(2,3)21(4,5)28-22)8-9-18(19(16)23)26-15-14-25-12-10-24(6)11-13-25/h8-9H,7,10-15H2,1-6H3. The first-order valence-corrected chi connectivity index (χ1v) is 10.7. The van der Waals surface area contributed by atoms with E-state index >= 15 is 0 Å². The molecule has 2 aliphatic rings. The smallest absolute Gasteiger partial charge is 0.491 e. The molecule has 156 valence electrons. The van der Waals surface area contributed by atoms with Crippen LogP contribution < -0.4 is 10.2 Å². The highest BCUT2D eigenvalue weighted by molar-refractivity contribution is 6.63. The van der Waals surface area contributed by atoms with Gasteiger partial charge in [0.05, 0.1) is 16.2 Å². The Balaban J connectivity index is 1.67. The molecular weight excluding hydrogens is 375 g/mol. The molecule has 28 heavy (non-hydrogen) atoms. The van der Waals surface area contributed by atoms with E-state index in [2.05, 4.69) is 51.5 Å². The predicted octanol–water partition coefficient (Wildman–Crippen LogP) is 2.83. The third-order valence-corrected chi connectivity index (χ3v) is 6.78. The van der Waals surface area contributed by atoms with Crippen LogP contribution >= 0.6 is 11.6 Å². The number of likely N-dealkylation sites (N-methyl/N-ethyl adjacent to an activating group) is 1. The number of hydrogen-bond donors (Lipinski definition) is 0. The van der Waals surface area contributed by atoms with Gasteiger partial charge in [0, 0.05) is 32.7 Å². The van der Waals surface area contributed by atoms with Crippen molar-refractivity contribution in [1.82, 2.24) is 9.80 Å². The number of nitrogens with zero attached hydrogens (tertiary/aromatic N) is 2. The summed E-state index contributed by atoms with van der Waals surface area (Å²) in [5, 5.41) is 0.674. The second-order valence-corrected chi connectivity index (χ2v) is 9.26. The summed E-state index contributed by atoms with van der Waals surface area (Å²) in [5.74, 6) is 0.743. The molecule has 0 spiro atoms. The molecule has 1 aromatic carbocycles. The van der Waals surface area contributed by atoms with E-state index < -0.39 is 7.12 Å². The summed E-state index contributed by atoms with van der Waals surface area (Å²) >= 11 is 6.72. The first-order chi connectivity index (χ1) is 13.1. The summed E-state index contributed by atoms with van der Waals surface area (Å²) < 4.78 is 18.5. The number of ether oxygens (including phenoxy) is 1. The average Bonchev–Trinajstić information content (AvgIpc) is 2.85. The van der Waals surface area contributed by atoms with Gasteiger partial charge in [-0.2, -0.15) is 0 Å². The van der Waals surface area contributed by atoms with Crippen LogP contribution in [0, 0.1) is 0 Å². The van der Waals surface area contributed by atoms with Crippen molar-refractivity contribution in [2.45, 2.75) is 52.2 Å². The molecule has 0 radical (unpaired) electrons. The molecule has 7 heteroatoms. The van der Waals surface area contributed by atoms with Crippen molar-refractivity contribution in [3.05, 3.63) is 22.7 Å². The highest BCUT2D eigenvalue weighted by Gasteiger charge is 2.52. The first kappa shape index (κ1) is 21.9. The van der Waals surface area contributed by atoms with Gasteiger partial charge in [0.15, 0.2) is 0 Å². The third kappa shape index (κ3) is 4.52. The molecular formula is C21H34BClN2O3. The molecule has 0 amide bonds. The Hall–Kier alpha value is -0.785. The van der Waals surface area contributed by atoms with Gasteiger partial charge in [-0.1, -0.05) is 24.6 Å². The van der Waals surface area contributed by atoms with Crippen LogP contribution in [0.4, 0.5) is 0 Å². The lowest BCUT2D eigenvalue weighted by molar-refractivity contribution is 0.00578. The summed E-state index contributed by atoms with van der Waals surface area (Å²) in [4.78, 5) is 4.80. The largest absolute Gasteiger partial charge is 0.495 e. The quantitative estimate of drug-likeness (QED) is 0.676. The Labute approximate surface area is 175 Å². The van der Waals surface area contributed by atoms with Gasteiger partial charge < -0.3 is 18.9 Å². The predicted molar refractivity (Wildman–Crippen MR) is 116 cm³/mol.